The highest BCUT2D eigenvalue weighted by atomic mass is 32.2. The second-order valence-corrected chi connectivity index (χ2v) is 6.78. The quantitative estimate of drug-likeness (QED) is 0.765. The summed E-state index contributed by atoms with van der Waals surface area (Å²) in [6.07, 6.45) is 3.26. The van der Waals surface area contributed by atoms with Crippen LogP contribution in [0.2, 0.25) is 0 Å². The fourth-order valence-electron chi connectivity index (χ4n) is 1.58. The summed E-state index contributed by atoms with van der Waals surface area (Å²) in [5.41, 5.74) is 0. The number of rotatable bonds is 6. The first kappa shape index (κ1) is 14.6. The zero-order valence-corrected chi connectivity index (χ0v) is 12.1. The molecule has 1 saturated carbocycles. The molecule has 20 heavy (non-hydrogen) atoms. The summed E-state index contributed by atoms with van der Waals surface area (Å²) in [5.74, 6) is 0.571. The number of amides is 2. The van der Waals surface area contributed by atoms with Gasteiger partial charge >= 0.3 is 6.03 Å². The molecule has 7 heteroatoms. The van der Waals surface area contributed by atoms with E-state index in [1.165, 1.54) is 12.1 Å². The molecule has 6 nitrogen and oxygen atoms in total. The molecule has 0 radical (unpaired) electrons. The first-order chi connectivity index (χ1) is 9.45. The van der Waals surface area contributed by atoms with Gasteiger partial charge in [-0.05, 0) is 37.1 Å². The van der Waals surface area contributed by atoms with E-state index in [1.54, 1.807) is 12.1 Å². The standard InChI is InChI=1S/C13H18N2O4S/c1-20(17,18)12-6-4-11(5-7-12)19-9-8-14-13(16)15-10-2-3-10/h4-7,10H,2-3,8-9H2,1H3,(H2,14,15,16). The maximum absolute atomic E-state index is 11.3. The average molecular weight is 298 g/mol. The molecule has 0 aliphatic heterocycles. The Labute approximate surface area is 118 Å². The van der Waals surface area contributed by atoms with Gasteiger partial charge in [-0.2, -0.15) is 0 Å². The zero-order valence-electron chi connectivity index (χ0n) is 11.3. The van der Waals surface area contributed by atoms with Crippen molar-refractivity contribution in [3.05, 3.63) is 24.3 Å². The fraction of sp³-hybridized carbons (Fsp3) is 0.462. The minimum atomic E-state index is -3.18. The van der Waals surface area contributed by atoms with E-state index in [0.29, 0.717) is 24.9 Å². The normalized spacial score (nSPS) is 14.7. The lowest BCUT2D eigenvalue weighted by molar-refractivity contribution is 0.236. The molecular formula is C13H18N2O4S. The highest BCUT2D eigenvalue weighted by Crippen LogP contribution is 2.18. The van der Waals surface area contributed by atoms with Crippen LogP contribution < -0.4 is 15.4 Å². The second kappa shape index (κ2) is 6.13. The number of hydrogen-bond donors (Lipinski definition) is 2. The number of nitrogens with one attached hydrogen (secondary N) is 2. The van der Waals surface area contributed by atoms with Crippen LogP contribution >= 0.6 is 0 Å². The van der Waals surface area contributed by atoms with Crippen LogP contribution in [0.25, 0.3) is 0 Å². The molecule has 1 aromatic carbocycles. The predicted octanol–water partition coefficient (Wildman–Crippen LogP) is 0.930. The minimum Gasteiger partial charge on any atom is -0.492 e. The van der Waals surface area contributed by atoms with Gasteiger partial charge < -0.3 is 15.4 Å². The molecule has 0 unspecified atom stereocenters. The van der Waals surface area contributed by atoms with Crippen LogP contribution in [-0.2, 0) is 9.84 Å². The van der Waals surface area contributed by atoms with E-state index in [0.717, 1.165) is 19.1 Å². The maximum atomic E-state index is 11.3. The van der Waals surface area contributed by atoms with Crippen molar-refractivity contribution in [1.82, 2.24) is 10.6 Å². The Balaban J connectivity index is 1.69. The van der Waals surface area contributed by atoms with Gasteiger partial charge in [0, 0.05) is 12.3 Å². The Morgan fingerprint density at radius 3 is 2.50 bits per heavy atom. The second-order valence-electron chi connectivity index (χ2n) is 4.77. The van der Waals surface area contributed by atoms with Gasteiger partial charge in [0.2, 0.25) is 0 Å². The number of carbonyl (C=O) groups excluding carboxylic acids is 1. The van der Waals surface area contributed by atoms with Crippen LogP contribution in [0.4, 0.5) is 4.79 Å². The summed E-state index contributed by atoms with van der Waals surface area (Å²) < 4.78 is 28.0. The van der Waals surface area contributed by atoms with Crippen molar-refractivity contribution < 1.29 is 17.9 Å². The van der Waals surface area contributed by atoms with Crippen molar-refractivity contribution >= 4 is 15.9 Å². The molecule has 1 aliphatic rings. The van der Waals surface area contributed by atoms with Crippen LogP contribution in [0.1, 0.15) is 12.8 Å². The van der Waals surface area contributed by atoms with Gasteiger partial charge in [-0.25, -0.2) is 13.2 Å². The third-order valence-electron chi connectivity index (χ3n) is 2.82. The third kappa shape index (κ3) is 4.73. The monoisotopic (exact) mass is 298 g/mol. The van der Waals surface area contributed by atoms with Gasteiger partial charge in [0.05, 0.1) is 11.4 Å². The molecule has 0 aromatic heterocycles. The molecule has 2 N–H and O–H groups in total. The minimum absolute atomic E-state index is 0.177. The highest BCUT2D eigenvalue weighted by Gasteiger charge is 2.22. The summed E-state index contributed by atoms with van der Waals surface area (Å²) in [6.45, 7) is 0.725. The first-order valence-corrected chi connectivity index (χ1v) is 8.31. The lowest BCUT2D eigenvalue weighted by Crippen LogP contribution is -2.38. The molecule has 2 amide bonds. The Bertz CT molecular complexity index is 565. The average Bonchev–Trinajstić information content (AvgIpc) is 3.18. The Kier molecular flexibility index (Phi) is 4.49. The van der Waals surface area contributed by atoms with Crippen molar-refractivity contribution in [2.24, 2.45) is 0 Å². The van der Waals surface area contributed by atoms with Gasteiger partial charge in [0.25, 0.3) is 0 Å². The highest BCUT2D eigenvalue weighted by molar-refractivity contribution is 7.90. The number of benzene rings is 1. The van der Waals surface area contributed by atoms with Crippen LogP contribution in [0, 0.1) is 0 Å². The molecule has 1 aromatic rings. The Hall–Kier alpha value is -1.76. The molecule has 0 atom stereocenters. The van der Waals surface area contributed by atoms with Crippen LogP contribution in [0.3, 0.4) is 0 Å². The topological polar surface area (TPSA) is 84.5 Å². The molecule has 1 aliphatic carbocycles. The van der Waals surface area contributed by atoms with E-state index in [9.17, 15) is 13.2 Å². The van der Waals surface area contributed by atoms with E-state index in [-0.39, 0.29) is 10.9 Å². The maximum Gasteiger partial charge on any atom is 0.315 e. The van der Waals surface area contributed by atoms with Crippen molar-refractivity contribution in [3.63, 3.8) is 0 Å². The predicted molar refractivity (Wildman–Crippen MR) is 74.6 cm³/mol. The Morgan fingerprint density at radius 2 is 1.95 bits per heavy atom. The van der Waals surface area contributed by atoms with Gasteiger partial charge in [-0.1, -0.05) is 0 Å². The van der Waals surface area contributed by atoms with Gasteiger partial charge in [0.15, 0.2) is 9.84 Å². The van der Waals surface area contributed by atoms with E-state index in [2.05, 4.69) is 10.6 Å². The van der Waals surface area contributed by atoms with E-state index < -0.39 is 9.84 Å². The number of urea groups is 1. The van der Waals surface area contributed by atoms with Crippen molar-refractivity contribution in [1.29, 1.82) is 0 Å². The number of ether oxygens (including phenoxy) is 1. The van der Waals surface area contributed by atoms with Crippen molar-refractivity contribution in [2.75, 3.05) is 19.4 Å². The number of hydrogen-bond acceptors (Lipinski definition) is 4. The Morgan fingerprint density at radius 1 is 1.30 bits per heavy atom. The summed E-state index contributed by atoms with van der Waals surface area (Å²) in [5, 5.41) is 5.49. The van der Waals surface area contributed by atoms with Gasteiger partial charge in [-0.3, -0.25) is 0 Å². The zero-order chi connectivity index (χ0) is 14.6. The van der Waals surface area contributed by atoms with Crippen LogP contribution in [0.5, 0.6) is 5.75 Å². The molecule has 0 spiro atoms. The molecule has 0 heterocycles. The molecule has 0 saturated heterocycles. The summed E-state index contributed by atoms with van der Waals surface area (Å²) in [6, 6.07) is 6.35. The molecule has 0 bridgehead atoms. The van der Waals surface area contributed by atoms with E-state index >= 15 is 0 Å². The summed E-state index contributed by atoms with van der Waals surface area (Å²) in [7, 11) is -3.18. The van der Waals surface area contributed by atoms with Gasteiger partial charge in [-0.15, -0.1) is 0 Å². The lowest BCUT2D eigenvalue weighted by atomic mass is 10.3. The van der Waals surface area contributed by atoms with Crippen molar-refractivity contribution in [2.45, 2.75) is 23.8 Å². The molecule has 2 rings (SSSR count). The van der Waals surface area contributed by atoms with E-state index in [4.69, 9.17) is 4.74 Å². The fourth-order valence-corrected chi connectivity index (χ4v) is 2.21. The first-order valence-electron chi connectivity index (χ1n) is 6.42. The summed E-state index contributed by atoms with van der Waals surface area (Å²) in [4.78, 5) is 11.6. The largest absolute Gasteiger partial charge is 0.492 e. The molecule has 110 valence electrons. The smallest absolute Gasteiger partial charge is 0.315 e. The van der Waals surface area contributed by atoms with E-state index in [1.807, 2.05) is 0 Å². The number of sulfone groups is 1. The number of carbonyl (C=O) groups is 1. The molecule has 1 fully saturated rings. The summed E-state index contributed by atoms with van der Waals surface area (Å²) >= 11 is 0. The SMILES string of the molecule is CS(=O)(=O)c1ccc(OCCNC(=O)NC2CC2)cc1. The van der Waals surface area contributed by atoms with Crippen LogP contribution in [0.15, 0.2) is 29.2 Å². The third-order valence-corrected chi connectivity index (χ3v) is 3.95. The molecular weight excluding hydrogens is 280 g/mol. The van der Waals surface area contributed by atoms with Gasteiger partial charge in [0.1, 0.15) is 12.4 Å². The van der Waals surface area contributed by atoms with Crippen LogP contribution in [-0.4, -0.2) is 39.9 Å². The lowest BCUT2D eigenvalue weighted by Gasteiger charge is -2.08. The van der Waals surface area contributed by atoms with Crippen molar-refractivity contribution in [3.8, 4) is 5.75 Å².